The highest BCUT2D eigenvalue weighted by molar-refractivity contribution is 7.90. The van der Waals surface area contributed by atoms with Gasteiger partial charge in [-0.2, -0.15) is 0 Å². The van der Waals surface area contributed by atoms with E-state index in [1.807, 2.05) is 27.1 Å². The molecule has 102 valence electrons. The van der Waals surface area contributed by atoms with Crippen molar-refractivity contribution in [1.29, 1.82) is 0 Å². The van der Waals surface area contributed by atoms with Gasteiger partial charge in [0, 0.05) is 24.2 Å². The SMILES string of the molecule is CNC(CCCS(C)(=O)=O)c1ncc(C)cc1C. The zero-order valence-electron chi connectivity index (χ0n) is 11.5. The number of hydrogen-bond acceptors (Lipinski definition) is 4. The fraction of sp³-hybridized carbons (Fsp3) is 0.615. The van der Waals surface area contributed by atoms with Crippen molar-refractivity contribution in [3.05, 3.63) is 29.1 Å². The molecule has 18 heavy (non-hydrogen) atoms. The summed E-state index contributed by atoms with van der Waals surface area (Å²) in [4.78, 5) is 4.45. The van der Waals surface area contributed by atoms with Gasteiger partial charge in [0.05, 0.1) is 5.69 Å². The minimum atomic E-state index is -2.88. The summed E-state index contributed by atoms with van der Waals surface area (Å²) in [7, 11) is -0.994. The molecule has 0 radical (unpaired) electrons. The predicted molar refractivity (Wildman–Crippen MR) is 74.5 cm³/mol. The molecular formula is C13H22N2O2S. The van der Waals surface area contributed by atoms with Crippen molar-refractivity contribution in [3.63, 3.8) is 0 Å². The van der Waals surface area contributed by atoms with Gasteiger partial charge in [0.1, 0.15) is 9.84 Å². The van der Waals surface area contributed by atoms with E-state index in [1.54, 1.807) is 0 Å². The largest absolute Gasteiger partial charge is 0.312 e. The Bertz CT molecular complexity index is 498. The van der Waals surface area contributed by atoms with E-state index in [4.69, 9.17) is 0 Å². The molecule has 1 aromatic heterocycles. The summed E-state index contributed by atoms with van der Waals surface area (Å²) in [5.41, 5.74) is 3.30. The summed E-state index contributed by atoms with van der Waals surface area (Å²) in [5.74, 6) is 0.232. The van der Waals surface area contributed by atoms with Crippen LogP contribution in [0.1, 0.15) is 35.7 Å². The van der Waals surface area contributed by atoms with E-state index in [0.717, 1.165) is 23.2 Å². The molecule has 0 saturated heterocycles. The van der Waals surface area contributed by atoms with Gasteiger partial charge in [0.15, 0.2) is 0 Å². The van der Waals surface area contributed by atoms with Crippen LogP contribution in [-0.2, 0) is 9.84 Å². The van der Waals surface area contributed by atoms with Gasteiger partial charge in [-0.1, -0.05) is 6.07 Å². The van der Waals surface area contributed by atoms with E-state index in [1.165, 1.54) is 6.26 Å². The number of nitrogens with one attached hydrogen (secondary N) is 1. The first-order valence-electron chi connectivity index (χ1n) is 6.11. The normalized spacial score (nSPS) is 13.6. The first-order valence-corrected chi connectivity index (χ1v) is 8.17. The molecule has 0 aliphatic carbocycles. The van der Waals surface area contributed by atoms with Crippen LogP contribution >= 0.6 is 0 Å². The number of nitrogens with zero attached hydrogens (tertiary/aromatic N) is 1. The van der Waals surface area contributed by atoms with Crippen LogP contribution in [0, 0.1) is 13.8 Å². The summed E-state index contributed by atoms with van der Waals surface area (Å²) in [6.45, 7) is 4.05. The Labute approximate surface area is 110 Å². The van der Waals surface area contributed by atoms with Crippen LogP contribution in [0.3, 0.4) is 0 Å². The van der Waals surface area contributed by atoms with Gasteiger partial charge < -0.3 is 5.32 Å². The Kier molecular flexibility index (Phi) is 5.28. The third-order valence-electron chi connectivity index (χ3n) is 2.94. The minimum Gasteiger partial charge on any atom is -0.312 e. The van der Waals surface area contributed by atoms with Crippen LogP contribution in [0.2, 0.25) is 0 Å². The number of aryl methyl sites for hydroxylation is 2. The molecule has 1 N–H and O–H groups in total. The lowest BCUT2D eigenvalue weighted by molar-refractivity contribution is 0.522. The Morgan fingerprint density at radius 3 is 2.56 bits per heavy atom. The topological polar surface area (TPSA) is 59.1 Å². The summed E-state index contributed by atoms with van der Waals surface area (Å²) in [6, 6.07) is 2.22. The van der Waals surface area contributed by atoms with Crippen molar-refractivity contribution < 1.29 is 8.42 Å². The average Bonchev–Trinajstić information content (AvgIpc) is 2.24. The van der Waals surface area contributed by atoms with Crippen LogP contribution in [0.5, 0.6) is 0 Å². The molecule has 1 rings (SSSR count). The van der Waals surface area contributed by atoms with E-state index in [0.29, 0.717) is 6.42 Å². The Morgan fingerprint density at radius 1 is 1.39 bits per heavy atom. The number of rotatable bonds is 6. The highest BCUT2D eigenvalue weighted by Crippen LogP contribution is 2.20. The minimum absolute atomic E-state index is 0.118. The van der Waals surface area contributed by atoms with Gasteiger partial charge in [-0.15, -0.1) is 0 Å². The summed E-state index contributed by atoms with van der Waals surface area (Å²) in [5, 5.41) is 3.21. The van der Waals surface area contributed by atoms with Crippen LogP contribution in [0.4, 0.5) is 0 Å². The molecule has 1 heterocycles. The van der Waals surface area contributed by atoms with Crippen molar-refractivity contribution >= 4 is 9.84 Å². The maximum atomic E-state index is 11.1. The molecule has 0 saturated carbocycles. The van der Waals surface area contributed by atoms with Gasteiger partial charge in [0.2, 0.25) is 0 Å². The van der Waals surface area contributed by atoms with Crippen LogP contribution in [0.25, 0.3) is 0 Å². The lowest BCUT2D eigenvalue weighted by atomic mass is 10.0. The summed E-state index contributed by atoms with van der Waals surface area (Å²) in [6.07, 6.45) is 4.56. The van der Waals surface area contributed by atoms with E-state index >= 15 is 0 Å². The maximum Gasteiger partial charge on any atom is 0.147 e. The smallest absolute Gasteiger partial charge is 0.147 e. The predicted octanol–water partition coefficient (Wildman–Crippen LogP) is 1.78. The van der Waals surface area contributed by atoms with E-state index in [9.17, 15) is 8.42 Å². The van der Waals surface area contributed by atoms with Crippen LogP contribution in [-0.4, -0.2) is 32.5 Å². The van der Waals surface area contributed by atoms with Gasteiger partial charge in [-0.05, 0) is 44.9 Å². The second-order valence-electron chi connectivity index (χ2n) is 4.83. The molecule has 0 bridgehead atoms. The molecule has 1 unspecified atom stereocenters. The molecule has 0 aliphatic rings. The molecule has 0 spiro atoms. The molecule has 0 amide bonds. The third kappa shape index (κ3) is 4.74. The third-order valence-corrected chi connectivity index (χ3v) is 3.97. The monoisotopic (exact) mass is 270 g/mol. The highest BCUT2D eigenvalue weighted by atomic mass is 32.2. The lowest BCUT2D eigenvalue weighted by Gasteiger charge is -2.17. The molecule has 0 aliphatic heterocycles. The van der Waals surface area contributed by atoms with Crippen molar-refractivity contribution in [2.45, 2.75) is 32.7 Å². The standard InChI is InChI=1S/C13H22N2O2S/c1-10-8-11(2)13(15-9-10)12(14-3)6-5-7-18(4,16)17/h8-9,12,14H,5-7H2,1-4H3. The zero-order valence-corrected chi connectivity index (χ0v) is 12.3. The van der Waals surface area contributed by atoms with Crippen molar-refractivity contribution in [3.8, 4) is 0 Å². The second-order valence-corrected chi connectivity index (χ2v) is 7.09. The van der Waals surface area contributed by atoms with Crippen molar-refractivity contribution in [1.82, 2.24) is 10.3 Å². The molecule has 0 aromatic carbocycles. The summed E-state index contributed by atoms with van der Waals surface area (Å²) >= 11 is 0. The van der Waals surface area contributed by atoms with E-state index in [-0.39, 0.29) is 11.8 Å². The van der Waals surface area contributed by atoms with Gasteiger partial charge in [-0.25, -0.2) is 8.42 Å². The Morgan fingerprint density at radius 2 is 2.06 bits per heavy atom. The van der Waals surface area contributed by atoms with Gasteiger partial charge >= 0.3 is 0 Å². The summed E-state index contributed by atoms with van der Waals surface area (Å²) < 4.78 is 22.2. The van der Waals surface area contributed by atoms with Crippen LogP contribution in [0.15, 0.2) is 12.3 Å². The maximum absolute atomic E-state index is 11.1. The molecule has 0 fully saturated rings. The van der Waals surface area contributed by atoms with E-state index in [2.05, 4.69) is 16.4 Å². The van der Waals surface area contributed by atoms with E-state index < -0.39 is 9.84 Å². The van der Waals surface area contributed by atoms with Crippen LogP contribution < -0.4 is 5.32 Å². The molecule has 1 aromatic rings. The molecule has 1 atom stereocenters. The number of sulfone groups is 1. The zero-order chi connectivity index (χ0) is 13.8. The highest BCUT2D eigenvalue weighted by Gasteiger charge is 2.14. The average molecular weight is 270 g/mol. The Balaban J connectivity index is 2.71. The number of hydrogen-bond donors (Lipinski definition) is 1. The molecule has 4 nitrogen and oxygen atoms in total. The fourth-order valence-corrected chi connectivity index (χ4v) is 2.75. The molecular weight excluding hydrogens is 248 g/mol. The first-order chi connectivity index (χ1) is 8.33. The van der Waals surface area contributed by atoms with Gasteiger partial charge in [-0.3, -0.25) is 4.98 Å². The number of aromatic nitrogens is 1. The first kappa shape index (κ1) is 15.1. The lowest BCUT2D eigenvalue weighted by Crippen LogP contribution is -2.20. The fourth-order valence-electron chi connectivity index (χ4n) is 2.06. The Hall–Kier alpha value is -0.940. The van der Waals surface area contributed by atoms with Gasteiger partial charge in [0.25, 0.3) is 0 Å². The van der Waals surface area contributed by atoms with Crippen molar-refractivity contribution in [2.24, 2.45) is 0 Å². The second kappa shape index (κ2) is 6.29. The number of pyridine rings is 1. The quantitative estimate of drug-likeness (QED) is 0.856. The van der Waals surface area contributed by atoms with Crippen molar-refractivity contribution in [2.75, 3.05) is 19.1 Å². The molecule has 5 heteroatoms.